The Morgan fingerprint density at radius 3 is 1.56 bits per heavy atom. The quantitative estimate of drug-likeness (QED) is 0.250. The molecule has 34 heavy (non-hydrogen) atoms. The van der Waals surface area contributed by atoms with Gasteiger partial charge in [0, 0.05) is 26.6 Å². The molecule has 0 unspecified atom stereocenters. The van der Waals surface area contributed by atoms with Crippen LogP contribution < -0.4 is 0 Å². The Hall–Kier alpha value is -3.63. The van der Waals surface area contributed by atoms with Crippen molar-refractivity contribution in [1.29, 1.82) is 0 Å². The molecule has 1 aliphatic carbocycles. The largest absolute Gasteiger partial charge is 0.208 e. The molecule has 0 spiro atoms. The van der Waals surface area contributed by atoms with Crippen molar-refractivity contribution in [2.45, 2.75) is 19.3 Å². The van der Waals surface area contributed by atoms with Crippen LogP contribution in [0, 0.1) is 0 Å². The van der Waals surface area contributed by atoms with Crippen LogP contribution in [0.1, 0.15) is 25.0 Å². The number of aromatic nitrogens is 3. The van der Waals surface area contributed by atoms with Crippen molar-refractivity contribution in [3.63, 3.8) is 0 Å². The van der Waals surface area contributed by atoms with Crippen LogP contribution in [0.4, 0.5) is 0 Å². The molecule has 0 N–H and O–H groups in total. The van der Waals surface area contributed by atoms with Crippen LogP contribution in [0.3, 0.4) is 0 Å². The topological polar surface area (TPSA) is 38.7 Å². The maximum Gasteiger partial charge on any atom is 0.164 e. The third-order valence-electron chi connectivity index (χ3n) is 6.60. The number of nitrogens with zero attached hydrogens (tertiary/aromatic N) is 3. The van der Waals surface area contributed by atoms with E-state index in [4.69, 9.17) is 15.0 Å². The van der Waals surface area contributed by atoms with Gasteiger partial charge in [0.1, 0.15) is 0 Å². The summed E-state index contributed by atoms with van der Waals surface area (Å²) in [5.74, 6) is 2.04. The van der Waals surface area contributed by atoms with Gasteiger partial charge in [-0.3, -0.25) is 0 Å². The zero-order chi connectivity index (χ0) is 23.3. The molecule has 0 fully saturated rings. The minimum absolute atomic E-state index is 0.109. The van der Waals surface area contributed by atoms with Gasteiger partial charge in [0.15, 0.2) is 17.5 Å². The lowest BCUT2D eigenvalue weighted by atomic mass is 9.82. The van der Waals surface area contributed by atoms with Crippen molar-refractivity contribution >= 4 is 15.9 Å². The van der Waals surface area contributed by atoms with E-state index >= 15 is 0 Å². The Bertz CT molecular complexity index is 1470. The molecule has 1 aliphatic rings. The third-order valence-corrected chi connectivity index (χ3v) is 7.09. The molecule has 1 heterocycles. The molecule has 6 rings (SSSR count). The van der Waals surface area contributed by atoms with E-state index in [9.17, 15) is 0 Å². The zero-order valence-electron chi connectivity index (χ0n) is 19.0. The Morgan fingerprint density at radius 2 is 1.00 bits per heavy atom. The van der Waals surface area contributed by atoms with Gasteiger partial charge in [0.2, 0.25) is 0 Å². The molecular formula is C30H22BrN3. The lowest BCUT2D eigenvalue weighted by molar-refractivity contribution is 0.660. The highest BCUT2D eigenvalue weighted by atomic mass is 79.9. The summed E-state index contributed by atoms with van der Waals surface area (Å²) in [7, 11) is 0. The summed E-state index contributed by atoms with van der Waals surface area (Å²) in [6.07, 6.45) is 0. The SMILES string of the molecule is CC1(C)c2cc(Br)ccc2-c2ccc(-c3nc(-c4ccccc4)nc(-c4ccccc4)n3)cc21. The summed E-state index contributed by atoms with van der Waals surface area (Å²) in [6.45, 7) is 4.57. The number of benzene rings is 4. The minimum Gasteiger partial charge on any atom is -0.208 e. The van der Waals surface area contributed by atoms with Gasteiger partial charge in [-0.1, -0.05) is 109 Å². The third kappa shape index (κ3) is 3.46. The molecule has 0 radical (unpaired) electrons. The van der Waals surface area contributed by atoms with Crippen molar-refractivity contribution in [3.8, 4) is 45.3 Å². The average Bonchev–Trinajstić information content (AvgIpc) is 3.10. The Balaban J connectivity index is 1.53. The predicted molar refractivity (Wildman–Crippen MR) is 141 cm³/mol. The average molecular weight is 504 g/mol. The maximum absolute atomic E-state index is 4.91. The second-order valence-electron chi connectivity index (χ2n) is 9.11. The van der Waals surface area contributed by atoms with Crippen LogP contribution in [0.2, 0.25) is 0 Å². The van der Waals surface area contributed by atoms with Crippen LogP contribution in [0.15, 0.2) is 102 Å². The highest BCUT2D eigenvalue weighted by molar-refractivity contribution is 9.10. The molecular weight excluding hydrogens is 482 g/mol. The molecule has 0 aliphatic heterocycles. The van der Waals surface area contributed by atoms with E-state index in [0.29, 0.717) is 17.5 Å². The van der Waals surface area contributed by atoms with Crippen LogP contribution in [-0.2, 0) is 5.41 Å². The second kappa shape index (κ2) is 8.00. The summed E-state index contributed by atoms with van der Waals surface area (Å²) in [5.41, 5.74) is 8.03. The summed E-state index contributed by atoms with van der Waals surface area (Å²) in [4.78, 5) is 14.6. The first-order valence-corrected chi connectivity index (χ1v) is 12.1. The van der Waals surface area contributed by atoms with Gasteiger partial charge in [-0.25, -0.2) is 15.0 Å². The molecule has 4 aromatic carbocycles. The van der Waals surface area contributed by atoms with E-state index in [-0.39, 0.29) is 5.41 Å². The van der Waals surface area contributed by atoms with Crippen molar-refractivity contribution in [2.24, 2.45) is 0 Å². The number of rotatable bonds is 3. The maximum atomic E-state index is 4.91. The first-order chi connectivity index (χ1) is 16.5. The van der Waals surface area contributed by atoms with Crippen molar-refractivity contribution < 1.29 is 0 Å². The number of fused-ring (bicyclic) bond motifs is 3. The Kier molecular flexibility index (Phi) is 4.93. The predicted octanol–water partition coefficient (Wildman–Crippen LogP) is 7.94. The van der Waals surface area contributed by atoms with Gasteiger partial charge in [0.05, 0.1) is 0 Å². The van der Waals surface area contributed by atoms with Crippen LogP contribution in [0.5, 0.6) is 0 Å². The first-order valence-electron chi connectivity index (χ1n) is 11.3. The molecule has 5 aromatic rings. The molecule has 0 amide bonds. The van der Waals surface area contributed by atoms with Crippen molar-refractivity contribution in [2.75, 3.05) is 0 Å². The van der Waals surface area contributed by atoms with E-state index < -0.39 is 0 Å². The molecule has 0 saturated carbocycles. The van der Waals surface area contributed by atoms with Gasteiger partial charge in [-0.05, 0) is 40.5 Å². The number of hydrogen-bond acceptors (Lipinski definition) is 3. The van der Waals surface area contributed by atoms with Gasteiger partial charge >= 0.3 is 0 Å². The fourth-order valence-corrected chi connectivity index (χ4v) is 5.15. The molecule has 1 aromatic heterocycles. The van der Waals surface area contributed by atoms with Gasteiger partial charge in [-0.2, -0.15) is 0 Å². The molecule has 3 nitrogen and oxygen atoms in total. The number of halogens is 1. The van der Waals surface area contributed by atoms with Gasteiger partial charge < -0.3 is 0 Å². The van der Waals surface area contributed by atoms with E-state index in [1.807, 2.05) is 60.7 Å². The van der Waals surface area contributed by atoms with E-state index in [2.05, 4.69) is 66.2 Å². The normalized spacial score (nSPS) is 13.4. The Morgan fingerprint density at radius 1 is 0.529 bits per heavy atom. The van der Waals surface area contributed by atoms with E-state index in [0.717, 1.165) is 21.2 Å². The fraction of sp³-hybridized carbons (Fsp3) is 0.100. The fourth-order valence-electron chi connectivity index (χ4n) is 4.79. The lowest BCUT2D eigenvalue weighted by Gasteiger charge is -2.22. The van der Waals surface area contributed by atoms with Crippen LogP contribution >= 0.6 is 15.9 Å². The first kappa shape index (κ1) is 20.9. The molecule has 0 atom stereocenters. The van der Waals surface area contributed by atoms with E-state index in [1.54, 1.807) is 0 Å². The standard InChI is InChI=1S/C30H22BrN3/c1-30(2)25-17-21(13-15-23(25)24-16-14-22(31)18-26(24)30)29-33-27(19-9-5-3-6-10-19)32-28(34-29)20-11-7-4-8-12-20/h3-18H,1-2H3. The second-order valence-corrected chi connectivity index (χ2v) is 10.0. The van der Waals surface area contributed by atoms with Gasteiger partial charge in [-0.15, -0.1) is 0 Å². The van der Waals surface area contributed by atoms with E-state index in [1.165, 1.54) is 22.3 Å². The highest BCUT2D eigenvalue weighted by Crippen LogP contribution is 2.50. The number of hydrogen-bond donors (Lipinski definition) is 0. The monoisotopic (exact) mass is 503 g/mol. The summed E-state index contributed by atoms with van der Waals surface area (Å²) >= 11 is 3.65. The van der Waals surface area contributed by atoms with Gasteiger partial charge in [0.25, 0.3) is 0 Å². The molecule has 4 heteroatoms. The van der Waals surface area contributed by atoms with Crippen LogP contribution in [0.25, 0.3) is 45.3 Å². The smallest absolute Gasteiger partial charge is 0.164 e. The van der Waals surface area contributed by atoms with Crippen molar-refractivity contribution in [3.05, 3.63) is 113 Å². The zero-order valence-corrected chi connectivity index (χ0v) is 20.5. The molecule has 0 saturated heterocycles. The summed E-state index contributed by atoms with van der Waals surface area (Å²) in [5, 5.41) is 0. The summed E-state index contributed by atoms with van der Waals surface area (Å²) in [6, 6.07) is 33.3. The highest BCUT2D eigenvalue weighted by Gasteiger charge is 2.35. The van der Waals surface area contributed by atoms with Crippen molar-refractivity contribution in [1.82, 2.24) is 15.0 Å². The molecule has 164 valence electrons. The Labute approximate surface area is 207 Å². The lowest BCUT2D eigenvalue weighted by Crippen LogP contribution is -2.15. The molecule has 0 bridgehead atoms. The minimum atomic E-state index is -0.109. The summed E-state index contributed by atoms with van der Waals surface area (Å²) < 4.78 is 1.10. The van der Waals surface area contributed by atoms with Crippen LogP contribution in [-0.4, -0.2) is 15.0 Å².